The monoisotopic (exact) mass is 226 g/mol. The topological polar surface area (TPSA) is 24.9 Å². The highest BCUT2D eigenvalue weighted by Gasteiger charge is 2.14. The van der Waals surface area contributed by atoms with Gasteiger partial charge in [0.1, 0.15) is 0 Å². The average molecular weight is 226 g/mol. The van der Waals surface area contributed by atoms with E-state index in [0.717, 1.165) is 12.2 Å². The van der Waals surface area contributed by atoms with Gasteiger partial charge in [0, 0.05) is 23.3 Å². The number of hydrogen-bond acceptors (Lipinski definition) is 2. The summed E-state index contributed by atoms with van der Waals surface area (Å²) >= 11 is 0. The fraction of sp³-hybridized carbons (Fsp3) is 0.400. The first kappa shape index (κ1) is 10.7. The standard InChI is InChI=1S/C15H18N2/c1-11-14-6-5-13(10-12(14)7-9-16-11)15-4-2-3-8-17-15/h5-7,9-10,15,17H,2-4,8H2,1H3. The van der Waals surface area contributed by atoms with Crippen LogP contribution in [0.5, 0.6) is 0 Å². The van der Waals surface area contributed by atoms with Gasteiger partial charge in [-0.25, -0.2) is 0 Å². The lowest BCUT2D eigenvalue weighted by atomic mass is 9.95. The normalized spacial score (nSPS) is 20.6. The van der Waals surface area contributed by atoms with Crippen molar-refractivity contribution in [1.29, 1.82) is 0 Å². The zero-order valence-electron chi connectivity index (χ0n) is 10.2. The molecule has 1 aliphatic rings. The van der Waals surface area contributed by atoms with E-state index in [0.29, 0.717) is 6.04 Å². The first-order valence-corrected chi connectivity index (χ1v) is 6.43. The average Bonchev–Trinajstić information content (AvgIpc) is 2.40. The van der Waals surface area contributed by atoms with Crippen molar-refractivity contribution in [3.8, 4) is 0 Å². The molecule has 2 heteroatoms. The van der Waals surface area contributed by atoms with Gasteiger partial charge in [-0.15, -0.1) is 0 Å². The number of nitrogens with one attached hydrogen (secondary N) is 1. The fourth-order valence-electron chi connectivity index (χ4n) is 2.70. The van der Waals surface area contributed by atoms with Gasteiger partial charge in [-0.1, -0.05) is 18.6 Å². The molecule has 0 radical (unpaired) electrons. The minimum atomic E-state index is 0.543. The molecule has 1 saturated heterocycles. The van der Waals surface area contributed by atoms with Crippen LogP contribution in [0.15, 0.2) is 30.5 Å². The van der Waals surface area contributed by atoms with Crippen molar-refractivity contribution in [3.63, 3.8) is 0 Å². The van der Waals surface area contributed by atoms with Gasteiger partial charge < -0.3 is 5.32 Å². The van der Waals surface area contributed by atoms with Crippen LogP contribution in [0.4, 0.5) is 0 Å². The molecule has 0 bridgehead atoms. The Hall–Kier alpha value is -1.41. The summed E-state index contributed by atoms with van der Waals surface area (Å²) in [6, 6.07) is 9.42. The number of fused-ring (bicyclic) bond motifs is 1. The molecule has 3 rings (SSSR count). The Morgan fingerprint density at radius 2 is 2.18 bits per heavy atom. The van der Waals surface area contributed by atoms with Gasteiger partial charge in [0.25, 0.3) is 0 Å². The molecule has 1 aromatic heterocycles. The zero-order valence-corrected chi connectivity index (χ0v) is 10.2. The molecule has 0 spiro atoms. The minimum Gasteiger partial charge on any atom is -0.310 e. The first-order chi connectivity index (χ1) is 8.34. The Morgan fingerprint density at radius 3 is 3.00 bits per heavy atom. The van der Waals surface area contributed by atoms with Gasteiger partial charge in [0.05, 0.1) is 0 Å². The van der Waals surface area contributed by atoms with E-state index in [-0.39, 0.29) is 0 Å². The molecule has 2 aromatic rings. The number of benzene rings is 1. The van der Waals surface area contributed by atoms with Crippen LogP contribution < -0.4 is 5.32 Å². The number of aryl methyl sites for hydroxylation is 1. The molecule has 1 aliphatic heterocycles. The summed E-state index contributed by atoms with van der Waals surface area (Å²) in [5, 5.41) is 6.18. The van der Waals surface area contributed by atoms with Crippen molar-refractivity contribution in [2.75, 3.05) is 6.54 Å². The Labute approximate surface area is 102 Å². The molecule has 2 nitrogen and oxygen atoms in total. The number of nitrogens with zero attached hydrogens (tertiary/aromatic N) is 1. The van der Waals surface area contributed by atoms with Crippen LogP contribution in [0.1, 0.15) is 36.6 Å². The quantitative estimate of drug-likeness (QED) is 0.806. The lowest BCUT2D eigenvalue weighted by Crippen LogP contribution is -2.26. The molecule has 0 saturated carbocycles. The zero-order chi connectivity index (χ0) is 11.7. The molecule has 17 heavy (non-hydrogen) atoms. The summed E-state index contributed by atoms with van der Waals surface area (Å²) in [6.45, 7) is 3.22. The molecule has 0 aliphatic carbocycles. The van der Waals surface area contributed by atoms with Crippen LogP contribution >= 0.6 is 0 Å². The summed E-state index contributed by atoms with van der Waals surface area (Å²) in [7, 11) is 0. The van der Waals surface area contributed by atoms with E-state index in [1.54, 1.807) is 0 Å². The molecule has 1 atom stereocenters. The van der Waals surface area contributed by atoms with Crippen molar-refractivity contribution >= 4 is 10.8 Å². The number of rotatable bonds is 1. The number of hydrogen-bond donors (Lipinski definition) is 1. The van der Waals surface area contributed by atoms with Crippen molar-refractivity contribution in [1.82, 2.24) is 10.3 Å². The maximum atomic E-state index is 4.33. The van der Waals surface area contributed by atoms with E-state index >= 15 is 0 Å². The third kappa shape index (κ3) is 2.05. The van der Waals surface area contributed by atoms with Crippen LogP contribution in [-0.4, -0.2) is 11.5 Å². The van der Waals surface area contributed by atoms with Crippen LogP contribution in [0.2, 0.25) is 0 Å². The number of piperidine rings is 1. The molecule has 2 heterocycles. The van der Waals surface area contributed by atoms with Crippen LogP contribution in [0.3, 0.4) is 0 Å². The van der Waals surface area contributed by atoms with Crippen LogP contribution in [0, 0.1) is 6.92 Å². The van der Waals surface area contributed by atoms with Crippen molar-refractivity contribution < 1.29 is 0 Å². The van der Waals surface area contributed by atoms with Gasteiger partial charge in [-0.05, 0) is 49.4 Å². The third-order valence-corrected chi connectivity index (χ3v) is 3.70. The molecular weight excluding hydrogens is 208 g/mol. The Balaban J connectivity index is 2.01. The van der Waals surface area contributed by atoms with Crippen LogP contribution in [-0.2, 0) is 0 Å². The predicted octanol–water partition coefficient (Wildman–Crippen LogP) is 3.36. The molecule has 1 aromatic carbocycles. The molecule has 1 N–H and O–H groups in total. The van der Waals surface area contributed by atoms with Crippen molar-refractivity contribution in [2.45, 2.75) is 32.2 Å². The van der Waals surface area contributed by atoms with E-state index in [1.165, 1.54) is 35.6 Å². The maximum Gasteiger partial charge on any atom is 0.0450 e. The van der Waals surface area contributed by atoms with E-state index in [2.05, 4.69) is 41.5 Å². The van der Waals surface area contributed by atoms with Gasteiger partial charge in [-0.3, -0.25) is 4.98 Å². The first-order valence-electron chi connectivity index (χ1n) is 6.43. The second-order valence-corrected chi connectivity index (χ2v) is 4.88. The summed E-state index contributed by atoms with van der Waals surface area (Å²) in [6.07, 6.45) is 5.81. The van der Waals surface area contributed by atoms with Gasteiger partial charge in [0.15, 0.2) is 0 Å². The Morgan fingerprint density at radius 1 is 1.24 bits per heavy atom. The highest BCUT2D eigenvalue weighted by Crippen LogP contribution is 2.26. The highest BCUT2D eigenvalue weighted by molar-refractivity contribution is 5.84. The summed E-state index contributed by atoms with van der Waals surface area (Å²) in [4.78, 5) is 4.33. The van der Waals surface area contributed by atoms with Crippen molar-refractivity contribution in [3.05, 3.63) is 41.7 Å². The highest BCUT2D eigenvalue weighted by atomic mass is 14.9. The second-order valence-electron chi connectivity index (χ2n) is 4.88. The van der Waals surface area contributed by atoms with E-state index in [9.17, 15) is 0 Å². The predicted molar refractivity (Wildman–Crippen MR) is 71.1 cm³/mol. The lowest BCUT2D eigenvalue weighted by Gasteiger charge is -2.24. The SMILES string of the molecule is Cc1nccc2cc(C3CCCCN3)ccc12. The third-order valence-electron chi connectivity index (χ3n) is 3.70. The molecule has 0 amide bonds. The Bertz CT molecular complexity index is 527. The lowest BCUT2D eigenvalue weighted by molar-refractivity contribution is 0.412. The maximum absolute atomic E-state index is 4.33. The summed E-state index contributed by atoms with van der Waals surface area (Å²) in [5.74, 6) is 0. The Kier molecular flexibility index (Phi) is 2.81. The molecule has 1 unspecified atom stereocenters. The smallest absolute Gasteiger partial charge is 0.0450 e. The summed E-state index contributed by atoms with van der Waals surface area (Å²) in [5.41, 5.74) is 2.54. The van der Waals surface area contributed by atoms with Gasteiger partial charge in [0.2, 0.25) is 0 Å². The van der Waals surface area contributed by atoms with E-state index < -0.39 is 0 Å². The number of pyridine rings is 1. The van der Waals surface area contributed by atoms with E-state index in [4.69, 9.17) is 0 Å². The molecule has 1 fully saturated rings. The van der Waals surface area contributed by atoms with E-state index in [1.807, 2.05) is 6.20 Å². The van der Waals surface area contributed by atoms with Gasteiger partial charge in [-0.2, -0.15) is 0 Å². The summed E-state index contributed by atoms with van der Waals surface area (Å²) < 4.78 is 0. The molecular formula is C15H18N2. The van der Waals surface area contributed by atoms with Gasteiger partial charge >= 0.3 is 0 Å². The minimum absolute atomic E-state index is 0.543. The largest absolute Gasteiger partial charge is 0.310 e. The molecule has 88 valence electrons. The second kappa shape index (κ2) is 4.46. The van der Waals surface area contributed by atoms with Crippen molar-refractivity contribution in [2.24, 2.45) is 0 Å². The van der Waals surface area contributed by atoms with Crippen LogP contribution in [0.25, 0.3) is 10.8 Å². The fourth-order valence-corrected chi connectivity index (χ4v) is 2.70. The number of aromatic nitrogens is 1.